The van der Waals surface area contributed by atoms with Gasteiger partial charge in [-0.2, -0.15) is 0 Å². The zero-order valence-electron chi connectivity index (χ0n) is 30.7. The summed E-state index contributed by atoms with van der Waals surface area (Å²) in [6.07, 6.45) is 5.21. The lowest BCUT2D eigenvalue weighted by Gasteiger charge is -2.37. The van der Waals surface area contributed by atoms with Crippen molar-refractivity contribution in [2.75, 3.05) is 37.2 Å². The highest BCUT2D eigenvalue weighted by atomic mass is 28.3. The summed E-state index contributed by atoms with van der Waals surface area (Å²) in [6.45, 7) is 8.60. The molecule has 11 nitrogen and oxygen atoms in total. The van der Waals surface area contributed by atoms with Gasteiger partial charge in [-0.1, -0.05) is 54.7 Å². The molecule has 4 atom stereocenters. The molecule has 1 spiro atoms. The van der Waals surface area contributed by atoms with E-state index < -0.39 is 13.7 Å². The predicted molar refractivity (Wildman–Crippen MR) is 202 cm³/mol. The fourth-order valence-electron chi connectivity index (χ4n) is 8.83. The molecule has 4 aromatic rings. The number of benzene rings is 3. The zero-order chi connectivity index (χ0) is 36.6. The second-order valence-electron chi connectivity index (χ2n) is 14.8. The minimum absolute atomic E-state index is 0.0118. The van der Waals surface area contributed by atoms with Crippen LogP contribution in [0.1, 0.15) is 49.4 Å². The molecular formula is C40H49N5O6Si. The summed E-state index contributed by atoms with van der Waals surface area (Å²) in [7, 11) is 0.980. The number of piperidine rings is 1. The fourth-order valence-corrected chi connectivity index (χ4v) is 12.9. The highest BCUT2D eigenvalue weighted by Gasteiger charge is 2.66. The highest BCUT2D eigenvalue weighted by Crippen LogP contribution is 2.60. The van der Waals surface area contributed by atoms with Crippen LogP contribution in [0.3, 0.4) is 0 Å². The Bertz CT molecular complexity index is 1910. The minimum Gasteiger partial charge on any atom is -0.497 e. The molecule has 7 rings (SSSR count). The summed E-state index contributed by atoms with van der Waals surface area (Å²) < 4.78 is 20.3. The number of carbonyl (C=O) groups excluding carboxylic acids is 2. The van der Waals surface area contributed by atoms with Crippen LogP contribution in [0.25, 0.3) is 0 Å². The molecule has 4 heterocycles. The summed E-state index contributed by atoms with van der Waals surface area (Å²) >= 11 is 0. The molecule has 3 aromatic carbocycles. The van der Waals surface area contributed by atoms with Crippen molar-refractivity contribution in [3.8, 4) is 11.5 Å². The molecule has 0 unspecified atom stereocenters. The molecule has 0 radical (unpaired) electrons. The van der Waals surface area contributed by atoms with Crippen molar-refractivity contribution in [3.05, 3.63) is 89.7 Å². The standard InChI is InChI=1S/C40H49N5O6Si/c1-27-38(52(4,5)33-16-13-31(49-2)14-17-33)36(19-22-43-26-29(20-23-46)41-42-43)51-40(27)34-24-32(50-3)15-18-35(34)45(39(40)48)25-28-9-11-30(12-10-28)44-21-7-6-8-37(44)47/h9-18,24,26-27,36,38,46H,6-8,19-23,25H2,1-5H3/t27-,36+,38-,40+/m0/s1. The third kappa shape index (κ3) is 6.30. The molecule has 52 heavy (non-hydrogen) atoms. The highest BCUT2D eigenvalue weighted by molar-refractivity contribution is 6.91. The van der Waals surface area contributed by atoms with Gasteiger partial charge >= 0.3 is 0 Å². The van der Waals surface area contributed by atoms with E-state index >= 15 is 4.79 Å². The molecule has 12 heteroatoms. The monoisotopic (exact) mass is 723 g/mol. The molecule has 274 valence electrons. The first-order chi connectivity index (χ1) is 25.1. The van der Waals surface area contributed by atoms with Gasteiger partial charge in [-0.15, -0.1) is 5.10 Å². The number of ether oxygens (including phenoxy) is 3. The van der Waals surface area contributed by atoms with Gasteiger partial charge in [0.25, 0.3) is 5.91 Å². The number of rotatable bonds is 12. The Morgan fingerprint density at radius 1 is 0.981 bits per heavy atom. The SMILES string of the molecule is COc1ccc([Si](C)(C)[C@@H]2[C@@H](CCn3cc(CCO)nn3)O[C@]3(C(=O)N(Cc4ccc(N5CCCCC5=O)cc4)c4ccc(OC)cc43)[C@H]2C)cc1. The van der Waals surface area contributed by atoms with Crippen LogP contribution in [0.5, 0.6) is 11.5 Å². The van der Waals surface area contributed by atoms with Gasteiger partial charge in [-0.25, -0.2) is 0 Å². The smallest absolute Gasteiger partial charge is 0.264 e. The number of fused-ring (bicyclic) bond motifs is 2. The van der Waals surface area contributed by atoms with E-state index in [0.717, 1.165) is 53.3 Å². The van der Waals surface area contributed by atoms with Gasteiger partial charge in [0.05, 0.1) is 46.3 Å². The molecule has 2 amide bonds. The summed E-state index contributed by atoms with van der Waals surface area (Å²) in [6, 6.07) is 22.2. The Hall–Kier alpha value is -4.52. The maximum Gasteiger partial charge on any atom is 0.264 e. The molecule has 1 N–H and O–H groups in total. The van der Waals surface area contributed by atoms with Crippen LogP contribution in [0.15, 0.2) is 72.9 Å². The lowest BCUT2D eigenvalue weighted by atomic mass is 9.82. The number of aliphatic hydroxyl groups is 1. The maximum atomic E-state index is 15.2. The molecule has 0 aliphatic carbocycles. The largest absolute Gasteiger partial charge is 0.497 e. The molecule has 2 fully saturated rings. The first-order valence-electron chi connectivity index (χ1n) is 18.3. The first kappa shape index (κ1) is 35.9. The fraction of sp³-hybridized carbons (Fsp3) is 0.450. The molecule has 3 aliphatic rings. The Morgan fingerprint density at radius 2 is 1.71 bits per heavy atom. The van der Waals surface area contributed by atoms with Crippen LogP contribution in [0, 0.1) is 5.92 Å². The summed E-state index contributed by atoms with van der Waals surface area (Å²) in [4.78, 5) is 31.5. The van der Waals surface area contributed by atoms with E-state index in [-0.39, 0.29) is 36.0 Å². The van der Waals surface area contributed by atoms with E-state index in [0.29, 0.717) is 38.1 Å². The van der Waals surface area contributed by atoms with E-state index in [9.17, 15) is 9.90 Å². The predicted octanol–water partition coefficient (Wildman–Crippen LogP) is 5.20. The Kier molecular flexibility index (Phi) is 9.99. The van der Waals surface area contributed by atoms with Crippen molar-refractivity contribution in [1.29, 1.82) is 0 Å². The Balaban J connectivity index is 1.25. The van der Waals surface area contributed by atoms with Crippen LogP contribution < -0.4 is 24.5 Å². The molecule has 0 bridgehead atoms. The zero-order valence-corrected chi connectivity index (χ0v) is 31.7. The van der Waals surface area contributed by atoms with Crippen LogP contribution >= 0.6 is 0 Å². The number of nitrogens with zero attached hydrogens (tertiary/aromatic N) is 5. The van der Waals surface area contributed by atoms with Crippen molar-refractivity contribution in [1.82, 2.24) is 15.0 Å². The van der Waals surface area contributed by atoms with E-state index in [1.165, 1.54) is 5.19 Å². The van der Waals surface area contributed by atoms with Crippen molar-refractivity contribution >= 4 is 36.4 Å². The van der Waals surface area contributed by atoms with Gasteiger partial charge in [0.15, 0.2) is 5.60 Å². The molecule has 3 aliphatic heterocycles. The number of hydrogen-bond acceptors (Lipinski definition) is 8. The van der Waals surface area contributed by atoms with E-state index in [4.69, 9.17) is 14.2 Å². The average Bonchev–Trinajstić information content (AvgIpc) is 3.81. The van der Waals surface area contributed by atoms with Crippen LogP contribution in [-0.2, 0) is 39.4 Å². The number of aryl methyl sites for hydroxylation is 1. The summed E-state index contributed by atoms with van der Waals surface area (Å²) in [5.41, 5.74) is 3.09. The normalized spacial score (nSPS) is 23.1. The van der Waals surface area contributed by atoms with E-state index in [2.05, 4.69) is 42.5 Å². The third-order valence-corrected chi connectivity index (χ3v) is 15.9. The van der Waals surface area contributed by atoms with E-state index in [1.807, 2.05) is 75.3 Å². The second kappa shape index (κ2) is 14.5. The second-order valence-corrected chi connectivity index (χ2v) is 19.5. The topological polar surface area (TPSA) is 119 Å². The van der Waals surface area contributed by atoms with Crippen molar-refractivity contribution in [2.24, 2.45) is 5.92 Å². The molecule has 1 aromatic heterocycles. The van der Waals surface area contributed by atoms with Crippen LogP contribution in [-0.4, -0.2) is 73.5 Å². The first-order valence-corrected chi connectivity index (χ1v) is 21.4. The number of carbonyl (C=O) groups is 2. The maximum absolute atomic E-state index is 15.2. The van der Waals surface area contributed by atoms with Gasteiger partial charge in [0.1, 0.15) is 11.5 Å². The lowest BCUT2D eigenvalue weighted by Crippen LogP contribution is -2.51. The number of amides is 2. The summed E-state index contributed by atoms with van der Waals surface area (Å²) in [5, 5.41) is 19.2. The third-order valence-electron chi connectivity index (χ3n) is 11.6. The van der Waals surface area contributed by atoms with Crippen LogP contribution in [0.4, 0.5) is 11.4 Å². The van der Waals surface area contributed by atoms with Gasteiger partial charge in [-0.3, -0.25) is 14.3 Å². The summed E-state index contributed by atoms with van der Waals surface area (Å²) in [5.74, 6) is 1.39. The minimum atomic E-state index is -2.34. The average molecular weight is 724 g/mol. The van der Waals surface area contributed by atoms with Gasteiger partial charge in [-0.05, 0) is 72.8 Å². The lowest BCUT2D eigenvalue weighted by molar-refractivity contribution is -0.146. The number of aliphatic hydroxyl groups excluding tert-OH is 1. The molecular weight excluding hydrogens is 675 g/mol. The van der Waals surface area contributed by atoms with Crippen molar-refractivity contribution in [3.63, 3.8) is 0 Å². The Labute approximate surface area is 306 Å². The molecule has 2 saturated heterocycles. The quantitative estimate of drug-likeness (QED) is 0.198. The number of anilines is 2. The van der Waals surface area contributed by atoms with Gasteiger partial charge < -0.3 is 29.1 Å². The number of methoxy groups -OCH3 is 2. The molecule has 0 saturated carbocycles. The van der Waals surface area contributed by atoms with Crippen LogP contribution in [0.2, 0.25) is 18.6 Å². The number of hydrogen-bond donors (Lipinski definition) is 1. The van der Waals surface area contributed by atoms with E-state index in [1.54, 1.807) is 14.2 Å². The van der Waals surface area contributed by atoms with Gasteiger partial charge in [0.2, 0.25) is 5.91 Å². The van der Waals surface area contributed by atoms with Gasteiger partial charge in [0, 0.05) is 55.9 Å². The van der Waals surface area contributed by atoms with Crippen molar-refractivity contribution in [2.45, 2.75) is 82.5 Å². The van der Waals surface area contributed by atoms with Crippen molar-refractivity contribution < 1.29 is 28.9 Å². The number of aromatic nitrogens is 3. The Morgan fingerprint density at radius 3 is 2.40 bits per heavy atom.